The van der Waals surface area contributed by atoms with Crippen LogP contribution >= 0.6 is 11.8 Å². The highest BCUT2D eigenvalue weighted by Crippen LogP contribution is 2.29. The number of hydrogen-bond acceptors (Lipinski definition) is 2. The molecule has 1 atom stereocenters. The molecular weight excluding hydrogens is 311 g/mol. The number of aliphatic imine (C=N–C) groups is 1. The third kappa shape index (κ3) is 6.60. The summed E-state index contributed by atoms with van der Waals surface area (Å²) >= 11 is 1.75. The molecule has 0 saturated heterocycles. The van der Waals surface area contributed by atoms with E-state index >= 15 is 0 Å². The predicted octanol–water partition coefficient (Wildman–Crippen LogP) is 3.51. The number of nitrogens with one attached hydrogen (secondary N) is 2. The van der Waals surface area contributed by atoms with Gasteiger partial charge in [0.15, 0.2) is 5.96 Å². The quantitative estimate of drug-likeness (QED) is 0.618. The Morgan fingerprint density at radius 1 is 1.23 bits per heavy atom. The summed E-state index contributed by atoms with van der Waals surface area (Å²) in [5.41, 5.74) is 0.0992. The van der Waals surface area contributed by atoms with Crippen LogP contribution in [-0.2, 0) is 12.7 Å². The van der Waals surface area contributed by atoms with Gasteiger partial charge < -0.3 is 10.6 Å². The SMILES string of the molecule is CCNC(=NCc1ccc(C(F)(F)F)cc1)NCC(C)SC. The minimum absolute atomic E-state index is 0.334. The minimum Gasteiger partial charge on any atom is -0.357 e. The fourth-order valence-electron chi connectivity index (χ4n) is 1.63. The number of rotatable bonds is 6. The van der Waals surface area contributed by atoms with Crippen molar-refractivity contribution in [3.8, 4) is 0 Å². The van der Waals surface area contributed by atoms with Gasteiger partial charge in [-0.2, -0.15) is 24.9 Å². The van der Waals surface area contributed by atoms with E-state index in [0.29, 0.717) is 17.8 Å². The highest BCUT2D eigenvalue weighted by atomic mass is 32.2. The zero-order chi connectivity index (χ0) is 16.6. The molecule has 1 rings (SSSR count). The third-order valence-corrected chi connectivity index (χ3v) is 3.98. The first kappa shape index (κ1) is 18.7. The fraction of sp³-hybridized carbons (Fsp3) is 0.533. The molecule has 0 aliphatic heterocycles. The number of benzene rings is 1. The average Bonchev–Trinajstić information content (AvgIpc) is 2.49. The number of halogens is 3. The average molecular weight is 333 g/mol. The molecule has 2 N–H and O–H groups in total. The zero-order valence-corrected chi connectivity index (χ0v) is 13.8. The fourth-order valence-corrected chi connectivity index (χ4v) is 1.88. The van der Waals surface area contributed by atoms with Gasteiger partial charge in [-0.3, -0.25) is 0 Å². The topological polar surface area (TPSA) is 36.4 Å². The van der Waals surface area contributed by atoms with E-state index in [0.717, 1.165) is 30.8 Å². The van der Waals surface area contributed by atoms with E-state index < -0.39 is 11.7 Å². The molecule has 0 amide bonds. The van der Waals surface area contributed by atoms with Crippen molar-refractivity contribution < 1.29 is 13.2 Å². The lowest BCUT2D eigenvalue weighted by atomic mass is 10.1. The van der Waals surface area contributed by atoms with Crippen molar-refractivity contribution >= 4 is 17.7 Å². The Hall–Kier alpha value is -1.37. The summed E-state index contributed by atoms with van der Waals surface area (Å²) < 4.78 is 37.5. The number of alkyl halides is 3. The summed E-state index contributed by atoms with van der Waals surface area (Å²) in [6.07, 6.45) is -2.26. The highest BCUT2D eigenvalue weighted by Gasteiger charge is 2.29. The van der Waals surface area contributed by atoms with Crippen LogP contribution in [-0.4, -0.2) is 30.6 Å². The van der Waals surface area contributed by atoms with E-state index in [1.165, 1.54) is 12.1 Å². The molecule has 0 heterocycles. The number of hydrogen-bond donors (Lipinski definition) is 2. The van der Waals surface area contributed by atoms with Gasteiger partial charge in [0.1, 0.15) is 0 Å². The first-order valence-corrected chi connectivity index (χ1v) is 8.36. The van der Waals surface area contributed by atoms with Crippen molar-refractivity contribution in [2.45, 2.75) is 31.8 Å². The first-order chi connectivity index (χ1) is 10.4. The normalized spacial score (nSPS) is 13.8. The van der Waals surface area contributed by atoms with Crippen molar-refractivity contribution in [1.82, 2.24) is 10.6 Å². The maximum Gasteiger partial charge on any atom is 0.416 e. The van der Waals surface area contributed by atoms with Crippen LogP contribution in [0.1, 0.15) is 25.0 Å². The zero-order valence-electron chi connectivity index (χ0n) is 13.0. The molecule has 0 aromatic heterocycles. The van der Waals surface area contributed by atoms with Gasteiger partial charge in [0, 0.05) is 18.3 Å². The Balaban J connectivity index is 2.65. The number of guanidine groups is 1. The van der Waals surface area contributed by atoms with Gasteiger partial charge in [-0.1, -0.05) is 19.1 Å². The second-order valence-corrected chi connectivity index (χ2v) is 6.09. The van der Waals surface area contributed by atoms with E-state index in [4.69, 9.17) is 0 Å². The van der Waals surface area contributed by atoms with Crippen LogP contribution in [0.15, 0.2) is 29.3 Å². The van der Waals surface area contributed by atoms with Crippen molar-refractivity contribution in [3.63, 3.8) is 0 Å². The summed E-state index contributed by atoms with van der Waals surface area (Å²) in [6.45, 7) is 5.91. The molecule has 1 aromatic carbocycles. The van der Waals surface area contributed by atoms with Crippen LogP contribution in [0.3, 0.4) is 0 Å². The molecule has 124 valence electrons. The van der Waals surface area contributed by atoms with Crippen LogP contribution in [0.2, 0.25) is 0 Å². The van der Waals surface area contributed by atoms with Gasteiger partial charge in [-0.25, -0.2) is 4.99 Å². The van der Waals surface area contributed by atoms with Crippen molar-refractivity contribution in [3.05, 3.63) is 35.4 Å². The van der Waals surface area contributed by atoms with Gasteiger partial charge in [0.05, 0.1) is 12.1 Å². The second-order valence-electron chi connectivity index (χ2n) is 4.82. The van der Waals surface area contributed by atoms with E-state index in [2.05, 4.69) is 22.5 Å². The largest absolute Gasteiger partial charge is 0.416 e. The molecule has 0 fully saturated rings. The molecular formula is C15H22F3N3S. The van der Waals surface area contributed by atoms with Crippen LogP contribution in [0, 0.1) is 0 Å². The number of nitrogens with zero attached hydrogens (tertiary/aromatic N) is 1. The molecule has 0 saturated carbocycles. The Kier molecular flexibility index (Phi) is 7.58. The lowest BCUT2D eigenvalue weighted by Crippen LogP contribution is -2.40. The summed E-state index contributed by atoms with van der Waals surface area (Å²) in [7, 11) is 0. The van der Waals surface area contributed by atoms with E-state index in [-0.39, 0.29) is 0 Å². The second kappa shape index (κ2) is 8.92. The molecule has 0 bridgehead atoms. The Labute approximate surface area is 133 Å². The van der Waals surface area contributed by atoms with Crippen molar-refractivity contribution in [1.29, 1.82) is 0 Å². The van der Waals surface area contributed by atoms with Crippen LogP contribution in [0.5, 0.6) is 0 Å². The summed E-state index contributed by atoms with van der Waals surface area (Å²) in [5.74, 6) is 0.670. The monoisotopic (exact) mass is 333 g/mol. The molecule has 0 aliphatic rings. The minimum atomic E-state index is -4.30. The van der Waals surface area contributed by atoms with Crippen LogP contribution < -0.4 is 10.6 Å². The third-order valence-electron chi connectivity index (χ3n) is 3.00. The van der Waals surface area contributed by atoms with E-state index in [1.807, 2.05) is 13.2 Å². The molecule has 22 heavy (non-hydrogen) atoms. The molecule has 7 heteroatoms. The van der Waals surface area contributed by atoms with Crippen LogP contribution in [0.25, 0.3) is 0 Å². The molecule has 1 aromatic rings. The standard InChI is InChI=1S/C15H22F3N3S/c1-4-19-14(20-9-11(2)22-3)21-10-12-5-7-13(8-6-12)15(16,17)18/h5-8,11H,4,9-10H2,1-3H3,(H2,19,20,21). The molecule has 3 nitrogen and oxygen atoms in total. The lowest BCUT2D eigenvalue weighted by Gasteiger charge is -2.14. The summed E-state index contributed by atoms with van der Waals surface area (Å²) in [5, 5.41) is 6.79. The maximum atomic E-state index is 12.5. The van der Waals surface area contributed by atoms with Gasteiger partial charge >= 0.3 is 6.18 Å². The molecule has 0 spiro atoms. The smallest absolute Gasteiger partial charge is 0.357 e. The van der Waals surface area contributed by atoms with Gasteiger partial charge in [-0.15, -0.1) is 0 Å². The highest BCUT2D eigenvalue weighted by molar-refractivity contribution is 7.99. The van der Waals surface area contributed by atoms with E-state index in [1.54, 1.807) is 11.8 Å². The Bertz CT molecular complexity index is 472. The summed E-state index contributed by atoms with van der Waals surface area (Å²) in [4.78, 5) is 4.39. The van der Waals surface area contributed by atoms with Crippen molar-refractivity contribution in [2.24, 2.45) is 4.99 Å². The first-order valence-electron chi connectivity index (χ1n) is 7.08. The predicted molar refractivity (Wildman–Crippen MR) is 87.2 cm³/mol. The summed E-state index contributed by atoms with van der Waals surface area (Å²) in [6, 6.07) is 5.09. The Morgan fingerprint density at radius 2 is 1.86 bits per heavy atom. The molecule has 0 radical (unpaired) electrons. The van der Waals surface area contributed by atoms with Crippen LogP contribution in [0.4, 0.5) is 13.2 Å². The van der Waals surface area contributed by atoms with Gasteiger partial charge in [0.25, 0.3) is 0 Å². The van der Waals surface area contributed by atoms with Gasteiger partial charge in [-0.05, 0) is 30.9 Å². The molecule has 0 aliphatic carbocycles. The Morgan fingerprint density at radius 3 is 2.36 bits per heavy atom. The van der Waals surface area contributed by atoms with Gasteiger partial charge in [0.2, 0.25) is 0 Å². The van der Waals surface area contributed by atoms with E-state index in [9.17, 15) is 13.2 Å². The number of thioether (sulfide) groups is 1. The lowest BCUT2D eigenvalue weighted by molar-refractivity contribution is -0.137. The van der Waals surface area contributed by atoms with Crippen molar-refractivity contribution in [2.75, 3.05) is 19.3 Å². The maximum absolute atomic E-state index is 12.5. The molecule has 1 unspecified atom stereocenters.